The topological polar surface area (TPSA) is 41.3 Å². The monoisotopic (exact) mass is 361 g/mol. The van der Waals surface area contributed by atoms with E-state index in [1.54, 1.807) is 0 Å². The summed E-state index contributed by atoms with van der Waals surface area (Å²) in [5, 5.41) is 15.4. The number of piperidine rings is 1. The van der Waals surface area contributed by atoms with Crippen LogP contribution in [0, 0.1) is 0 Å². The van der Waals surface area contributed by atoms with Gasteiger partial charge >= 0.3 is 0 Å². The van der Waals surface area contributed by atoms with Gasteiger partial charge in [0, 0.05) is 37.0 Å². The predicted molar refractivity (Wildman–Crippen MR) is 109 cm³/mol. The second-order valence-electron chi connectivity index (χ2n) is 7.50. The van der Waals surface area contributed by atoms with Gasteiger partial charge in [0.1, 0.15) is 0 Å². The zero-order valence-electron chi connectivity index (χ0n) is 15.9. The lowest BCUT2D eigenvalue weighted by Crippen LogP contribution is -2.43. The fourth-order valence-corrected chi connectivity index (χ4v) is 3.80. The van der Waals surface area contributed by atoms with E-state index in [9.17, 15) is 5.11 Å². The molecule has 0 amide bonds. The van der Waals surface area contributed by atoms with Gasteiger partial charge < -0.3 is 5.11 Å². The molecule has 1 aromatic heterocycles. The van der Waals surface area contributed by atoms with E-state index < -0.39 is 5.60 Å². The van der Waals surface area contributed by atoms with Gasteiger partial charge in [0.25, 0.3) is 0 Å². The number of nitrogens with zero attached hydrogens (tertiary/aromatic N) is 3. The normalized spacial score (nSPS) is 17.1. The fraction of sp³-hybridized carbons (Fsp3) is 0.348. The Kier molecular flexibility index (Phi) is 5.10. The van der Waals surface area contributed by atoms with E-state index in [0.717, 1.165) is 55.8 Å². The van der Waals surface area contributed by atoms with E-state index in [-0.39, 0.29) is 0 Å². The number of hydrogen-bond donors (Lipinski definition) is 1. The molecule has 1 aliphatic rings. The summed E-state index contributed by atoms with van der Waals surface area (Å²) >= 11 is 0. The molecule has 4 nitrogen and oxygen atoms in total. The summed E-state index contributed by atoms with van der Waals surface area (Å²) in [7, 11) is 0. The molecule has 2 heterocycles. The molecule has 1 saturated heterocycles. The van der Waals surface area contributed by atoms with E-state index in [4.69, 9.17) is 5.10 Å². The number of aliphatic hydroxyl groups is 1. The number of para-hydroxylation sites is 1. The van der Waals surface area contributed by atoms with Gasteiger partial charge in [-0.3, -0.25) is 4.90 Å². The van der Waals surface area contributed by atoms with Gasteiger partial charge in [-0.2, -0.15) is 5.10 Å². The number of rotatable bonds is 5. The first-order chi connectivity index (χ1) is 13.2. The Labute approximate surface area is 161 Å². The van der Waals surface area contributed by atoms with E-state index in [0.29, 0.717) is 0 Å². The third kappa shape index (κ3) is 3.97. The maximum atomic E-state index is 10.5. The molecule has 2 aromatic carbocycles. The van der Waals surface area contributed by atoms with Crippen molar-refractivity contribution in [1.29, 1.82) is 0 Å². The van der Waals surface area contributed by atoms with Crippen molar-refractivity contribution in [2.45, 2.75) is 38.3 Å². The summed E-state index contributed by atoms with van der Waals surface area (Å²) < 4.78 is 1.98. The fourth-order valence-electron chi connectivity index (χ4n) is 3.80. The summed E-state index contributed by atoms with van der Waals surface area (Å²) in [6, 6.07) is 20.6. The van der Waals surface area contributed by atoms with Crippen molar-refractivity contribution in [2.24, 2.45) is 0 Å². The van der Waals surface area contributed by atoms with Gasteiger partial charge in [-0.15, -0.1) is 0 Å². The van der Waals surface area contributed by atoms with Gasteiger partial charge in [-0.1, -0.05) is 55.5 Å². The largest absolute Gasteiger partial charge is 0.390 e. The minimum Gasteiger partial charge on any atom is -0.390 e. The third-order valence-corrected chi connectivity index (χ3v) is 5.70. The molecule has 140 valence electrons. The van der Waals surface area contributed by atoms with Crippen LogP contribution in [0.4, 0.5) is 0 Å². The lowest BCUT2D eigenvalue weighted by atomic mass is 9.89. The predicted octanol–water partition coefficient (Wildman–Crippen LogP) is 4.28. The molecule has 0 bridgehead atoms. The van der Waals surface area contributed by atoms with Crippen LogP contribution in [0.2, 0.25) is 0 Å². The van der Waals surface area contributed by atoms with Gasteiger partial charge in [-0.25, -0.2) is 4.68 Å². The Hall–Kier alpha value is -2.43. The molecule has 4 rings (SSSR count). The van der Waals surface area contributed by atoms with Crippen molar-refractivity contribution in [2.75, 3.05) is 13.1 Å². The molecular formula is C23H27N3O. The zero-order valence-corrected chi connectivity index (χ0v) is 15.9. The molecule has 0 unspecified atom stereocenters. The van der Waals surface area contributed by atoms with Crippen LogP contribution in [0.5, 0.6) is 0 Å². The Balaban J connectivity index is 1.62. The van der Waals surface area contributed by atoms with Gasteiger partial charge in [-0.05, 0) is 31.4 Å². The van der Waals surface area contributed by atoms with Crippen LogP contribution in [0.3, 0.4) is 0 Å². The first-order valence-electron chi connectivity index (χ1n) is 9.81. The zero-order chi connectivity index (χ0) is 18.7. The Bertz CT molecular complexity index is 865. The van der Waals surface area contributed by atoms with E-state index in [2.05, 4.69) is 54.4 Å². The summed E-state index contributed by atoms with van der Waals surface area (Å²) in [5.41, 5.74) is 4.00. The second-order valence-corrected chi connectivity index (χ2v) is 7.50. The maximum absolute atomic E-state index is 10.5. The van der Waals surface area contributed by atoms with Crippen LogP contribution in [0.1, 0.15) is 31.7 Å². The van der Waals surface area contributed by atoms with E-state index >= 15 is 0 Å². The van der Waals surface area contributed by atoms with E-state index in [1.165, 1.54) is 5.56 Å². The molecule has 4 heteroatoms. The molecule has 3 aromatic rings. The van der Waals surface area contributed by atoms with Crippen molar-refractivity contribution >= 4 is 0 Å². The highest BCUT2D eigenvalue weighted by Gasteiger charge is 2.30. The van der Waals surface area contributed by atoms with Crippen LogP contribution in [0.15, 0.2) is 66.9 Å². The smallest absolute Gasteiger partial charge is 0.0972 e. The summed E-state index contributed by atoms with van der Waals surface area (Å²) in [6.45, 7) is 4.79. The molecule has 0 spiro atoms. The van der Waals surface area contributed by atoms with Crippen LogP contribution >= 0.6 is 0 Å². The highest BCUT2D eigenvalue weighted by molar-refractivity contribution is 5.63. The molecule has 0 radical (unpaired) electrons. The number of benzene rings is 2. The first kappa shape index (κ1) is 18.0. The number of aromatic nitrogens is 2. The van der Waals surface area contributed by atoms with Crippen molar-refractivity contribution < 1.29 is 5.11 Å². The van der Waals surface area contributed by atoms with Crippen molar-refractivity contribution in [3.8, 4) is 16.9 Å². The van der Waals surface area contributed by atoms with E-state index in [1.807, 2.05) is 28.9 Å². The Morgan fingerprint density at radius 2 is 1.59 bits per heavy atom. The molecule has 1 aliphatic heterocycles. The molecule has 1 fully saturated rings. The quantitative estimate of drug-likeness (QED) is 0.738. The average Bonchev–Trinajstić information content (AvgIpc) is 3.15. The number of hydrogen-bond acceptors (Lipinski definition) is 3. The molecule has 0 atom stereocenters. The van der Waals surface area contributed by atoms with Crippen LogP contribution in [0.25, 0.3) is 16.9 Å². The molecule has 0 saturated carbocycles. The van der Waals surface area contributed by atoms with Crippen molar-refractivity contribution in [3.05, 3.63) is 72.4 Å². The van der Waals surface area contributed by atoms with Gasteiger partial charge in [0.15, 0.2) is 0 Å². The minimum absolute atomic E-state index is 0.479. The maximum Gasteiger partial charge on any atom is 0.0972 e. The van der Waals surface area contributed by atoms with Crippen LogP contribution in [-0.4, -0.2) is 38.5 Å². The Morgan fingerprint density at radius 3 is 2.22 bits per heavy atom. The van der Waals surface area contributed by atoms with Crippen LogP contribution in [-0.2, 0) is 6.54 Å². The van der Waals surface area contributed by atoms with Crippen molar-refractivity contribution in [1.82, 2.24) is 14.7 Å². The second kappa shape index (κ2) is 7.67. The van der Waals surface area contributed by atoms with Gasteiger partial charge in [0.2, 0.25) is 0 Å². The highest BCUT2D eigenvalue weighted by Crippen LogP contribution is 2.29. The Morgan fingerprint density at radius 1 is 0.963 bits per heavy atom. The molecule has 0 aliphatic carbocycles. The molecular weight excluding hydrogens is 334 g/mol. The lowest BCUT2D eigenvalue weighted by molar-refractivity contribution is -0.0256. The van der Waals surface area contributed by atoms with Crippen molar-refractivity contribution in [3.63, 3.8) is 0 Å². The summed E-state index contributed by atoms with van der Waals surface area (Å²) in [4.78, 5) is 2.43. The molecule has 27 heavy (non-hydrogen) atoms. The third-order valence-electron chi connectivity index (χ3n) is 5.70. The number of likely N-dealkylation sites (tertiary alicyclic amines) is 1. The standard InChI is InChI=1S/C23H27N3O/c1-2-23(27)13-15-25(16-14-23)17-20-18-26(21-11-7-4-8-12-21)24-22(20)19-9-5-3-6-10-19/h3-12,18,27H,2,13-17H2,1H3. The molecule has 1 N–H and O–H groups in total. The van der Waals surface area contributed by atoms with Crippen LogP contribution < -0.4 is 0 Å². The average molecular weight is 361 g/mol. The summed E-state index contributed by atoms with van der Waals surface area (Å²) in [6.07, 6.45) is 4.67. The highest BCUT2D eigenvalue weighted by atomic mass is 16.3. The van der Waals surface area contributed by atoms with Gasteiger partial charge in [0.05, 0.1) is 17.0 Å². The SMILES string of the molecule is CCC1(O)CCN(Cc2cn(-c3ccccc3)nc2-c2ccccc2)CC1. The first-order valence-corrected chi connectivity index (χ1v) is 9.81. The lowest BCUT2D eigenvalue weighted by Gasteiger charge is -2.37. The summed E-state index contributed by atoms with van der Waals surface area (Å²) in [5.74, 6) is 0. The minimum atomic E-state index is -0.479.